The van der Waals surface area contributed by atoms with Gasteiger partial charge in [-0.3, -0.25) is 0 Å². The highest BCUT2D eigenvalue weighted by atomic mass is 35.5. The van der Waals surface area contributed by atoms with Gasteiger partial charge in [0.1, 0.15) is 5.52 Å². The number of aromatic nitrogens is 3. The third-order valence-corrected chi connectivity index (χ3v) is 3.30. The molecule has 0 amide bonds. The maximum Gasteiger partial charge on any atom is 0.113 e. The van der Waals surface area contributed by atoms with Gasteiger partial charge in [-0.25, -0.2) is 4.68 Å². The first kappa shape index (κ1) is 11.2. The third-order valence-electron chi connectivity index (χ3n) is 3.00. The lowest BCUT2D eigenvalue weighted by atomic mass is 10.1. The molecule has 0 atom stereocenters. The van der Waals surface area contributed by atoms with Crippen molar-refractivity contribution >= 4 is 22.6 Å². The summed E-state index contributed by atoms with van der Waals surface area (Å²) in [6.45, 7) is 2.06. The van der Waals surface area contributed by atoms with Crippen LogP contribution in [0, 0.1) is 6.92 Å². The molecule has 18 heavy (non-hydrogen) atoms. The second-order valence-electron chi connectivity index (χ2n) is 4.24. The number of aryl methyl sites for hydroxylation is 1. The maximum atomic E-state index is 5.84. The van der Waals surface area contributed by atoms with Gasteiger partial charge in [-0.15, -0.1) is 16.7 Å². The summed E-state index contributed by atoms with van der Waals surface area (Å²) < 4.78 is 1.86. The summed E-state index contributed by atoms with van der Waals surface area (Å²) in [6.07, 6.45) is 0. The molecule has 0 aliphatic carbocycles. The first-order valence-corrected chi connectivity index (χ1v) is 6.29. The minimum absolute atomic E-state index is 0.527. The predicted octanol–water partition coefficient (Wildman–Crippen LogP) is 3.47. The van der Waals surface area contributed by atoms with E-state index in [2.05, 4.69) is 23.3 Å². The molecular weight excluding hydrogens is 246 g/mol. The Morgan fingerprint density at radius 3 is 2.78 bits per heavy atom. The number of halogens is 1. The normalized spacial score (nSPS) is 11.0. The average Bonchev–Trinajstić information content (AvgIpc) is 2.82. The summed E-state index contributed by atoms with van der Waals surface area (Å²) >= 11 is 5.84. The fraction of sp³-hybridized carbons (Fsp3) is 0.143. The van der Waals surface area contributed by atoms with Crippen molar-refractivity contribution in [1.29, 1.82) is 0 Å². The van der Waals surface area contributed by atoms with Gasteiger partial charge >= 0.3 is 0 Å². The van der Waals surface area contributed by atoms with Crippen LogP contribution in [0.15, 0.2) is 42.5 Å². The van der Waals surface area contributed by atoms with Gasteiger partial charge in [0.2, 0.25) is 0 Å². The van der Waals surface area contributed by atoms with E-state index in [0.717, 1.165) is 27.8 Å². The first-order valence-electron chi connectivity index (χ1n) is 5.76. The highest BCUT2D eigenvalue weighted by molar-refractivity contribution is 6.17. The van der Waals surface area contributed by atoms with E-state index in [-0.39, 0.29) is 0 Å². The zero-order valence-corrected chi connectivity index (χ0v) is 10.7. The van der Waals surface area contributed by atoms with Gasteiger partial charge < -0.3 is 0 Å². The Hall–Kier alpha value is -1.87. The number of alkyl halides is 1. The topological polar surface area (TPSA) is 30.7 Å². The van der Waals surface area contributed by atoms with E-state index in [1.165, 1.54) is 0 Å². The first-order chi connectivity index (χ1) is 8.79. The zero-order valence-electron chi connectivity index (χ0n) is 9.97. The Bertz CT molecular complexity index is 703. The summed E-state index contributed by atoms with van der Waals surface area (Å²) in [7, 11) is 0. The Morgan fingerprint density at radius 2 is 2.00 bits per heavy atom. The molecule has 0 N–H and O–H groups in total. The summed E-state index contributed by atoms with van der Waals surface area (Å²) in [5, 5.41) is 8.38. The van der Waals surface area contributed by atoms with Crippen LogP contribution in [0.4, 0.5) is 0 Å². The molecule has 3 nitrogen and oxygen atoms in total. The van der Waals surface area contributed by atoms with Gasteiger partial charge in [-0.1, -0.05) is 29.5 Å². The molecule has 0 saturated carbocycles. The number of rotatable bonds is 2. The lowest BCUT2D eigenvalue weighted by Crippen LogP contribution is -1.99. The molecule has 0 spiro atoms. The smallest absolute Gasteiger partial charge is 0.113 e. The van der Waals surface area contributed by atoms with Crippen LogP contribution in [0.25, 0.3) is 16.7 Å². The second kappa shape index (κ2) is 4.42. The standard InChI is InChI=1S/C14H12ClN3/c1-10-8-11(9-15)6-7-13(10)18-14-5-3-2-4-12(14)16-17-18/h2-8H,9H2,1H3. The summed E-state index contributed by atoms with van der Waals surface area (Å²) in [4.78, 5) is 0. The molecule has 3 aromatic rings. The van der Waals surface area contributed by atoms with Gasteiger partial charge in [-0.2, -0.15) is 0 Å². The maximum absolute atomic E-state index is 5.84. The monoisotopic (exact) mass is 257 g/mol. The van der Waals surface area contributed by atoms with Crippen molar-refractivity contribution < 1.29 is 0 Å². The van der Waals surface area contributed by atoms with Crippen molar-refractivity contribution in [2.24, 2.45) is 0 Å². The number of hydrogen-bond donors (Lipinski definition) is 0. The van der Waals surface area contributed by atoms with Crippen LogP contribution in [0.3, 0.4) is 0 Å². The predicted molar refractivity (Wildman–Crippen MR) is 73.2 cm³/mol. The molecule has 0 aliphatic rings. The van der Waals surface area contributed by atoms with Gasteiger partial charge in [0, 0.05) is 5.88 Å². The minimum Gasteiger partial charge on any atom is -0.213 e. The molecule has 0 fully saturated rings. The van der Waals surface area contributed by atoms with Crippen LogP contribution in [0.1, 0.15) is 11.1 Å². The zero-order chi connectivity index (χ0) is 12.5. The van der Waals surface area contributed by atoms with Crippen molar-refractivity contribution in [3.63, 3.8) is 0 Å². The molecule has 1 aromatic heterocycles. The van der Waals surface area contributed by atoms with Crippen LogP contribution in [-0.2, 0) is 5.88 Å². The van der Waals surface area contributed by atoms with E-state index >= 15 is 0 Å². The van der Waals surface area contributed by atoms with Gasteiger partial charge in [-0.05, 0) is 36.2 Å². The van der Waals surface area contributed by atoms with Gasteiger partial charge in [0.25, 0.3) is 0 Å². The number of hydrogen-bond acceptors (Lipinski definition) is 2. The second-order valence-corrected chi connectivity index (χ2v) is 4.51. The quantitative estimate of drug-likeness (QED) is 0.658. The van der Waals surface area contributed by atoms with E-state index in [4.69, 9.17) is 11.6 Å². The van der Waals surface area contributed by atoms with E-state index in [9.17, 15) is 0 Å². The molecule has 1 heterocycles. The molecular formula is C14H12ClN3. The molecule has 0 saturated heterocycles. The lowest BCUT2D eigenvalue weighted by Gasteiger charge is -2.07. The van der Waals surface area contributed by atoms with E-state index in [1.807, 2.05) is 41.1 Å². The lowest BCUT2D eigenvalue weighted by molar-refractivity contribution is 0.818. The summed E-state index contributed by atoms with van der Waals surface area (Å²) in [5.74, 6) is 0.527. The van der Waals surface area contributed by atoms with Crippen LogP contribution in [0.5, 0.6) is 0 Å². The fourth-order valence-electron chi connectivity index (χ4n) is 2.09. The largest absolute Gasteiger partial charge is 0.213 e. The molecule has 3 rings (SSSR count). The van der Waals surface area contributed by atoms with E-state index in [0.29, 0.717) is 5.88 Å². The van der Waals surface area contributed by atoms with Crippen LogP contribution >= 0.6 is 11.6 Å². The molecule has 90 valence electrons. The van der Waals surface area contributed by atoms with Crippen molar-refractivity contribution in [1.82, 2.24) is 15.0 Å². The Labute approximate surface area is 110 Å². The molecule has 0 bridgehead atoms. The van der Waals surface area contributed by atoms with Crippen molar-refractivity contribution in [3.05, 3.63) is 53.6 Å². The third kappa shape index (κ3) is 1.77. The molecule has 0 unspecified atom stereocenters. The Balaban J connectivity index is 2.20. The van der Waals surface area contributed by atoms with Crippen LogP contribution in [0.2, 0.25) is 0 Å². The number of benzene rings is 2. The SMILES string of the molecule is Cc1cc(CCl)ccc1-n1nnc2ccccc21. The fourth-order valence-corrected chi connectivity index (χ4v) is 2.25. The Morgan fingerprint density at radius 1 is 1.17 bits per heavy atom. The number of fused-ring (bicyclic) bond motifs is 1. The molecule has 2 aromatic carbocycles. The van der Waals surface area contributed by atoms with Crippen molar-refractivity contribution in [2.45, 2.75) is 12.8 Å². The summed E-state index contributed by atoms with van der Waals surface area (Å²) in [6, 6.07) is 14.1. The number of para-hydroxylation sites is 1. The minimum atomic E-state index is 0.527. The van der Waals surface area contributed by atoms with Crippen LogP contribution in [-0.4, -0.2) is 15.0 Å². The van der Waals surface area contributed by atoms with Crippen molar-refractivity contribution in [3.8, 4) is 5.69 Å². The highest BCUT2D eigenvalue weighted by Crippen LogP contribution is 2.20. The van der Waals surface area contributed by atoms with Gasteiger partial charge in [0.05, 0.1) is 11.2 Å². The van der Waals surface area contributed by atoms with Crippen molar-refractivity contribution in [2.75, 3.05) is 0 Å². The number of nitrogens with zero attached hydrogens (tertiary/aromatic N) is 3. The molecule has 0 aliphatic heterocycles. The van der Waals surface area contributed by atoms with Crippen LogP contribution < -0.4 is 0 Å². The molecule has 4 heteroatoms. The van der Waals surface area contributed by atoms with E-state index in [1.54, 1.807) is 0 Å². The van der Waals surface area contributed by atoms with E-state index < -0.39 is 0 Å². The summed E-state index contributed by atoms with van der Waals surface area (Å²) in [5.41, 5.74) is 5.21. The highest BCUT2D eigenvalue weighted by Gasteiger charge is 2.08. The Kier molecular flexibility index (Phi) is 2.76. The van der Waals surface area contributed by atoms with Gasteiger partial charge in [0.15, 0.2) is 0 Å². The average molecular weight is 258 g/mol. The molecule has 0 radical (unpaired) electrons.